The molecule has 8 heteroatoms. The lowest BCUT2D eigenvalue weighted by Gasteiger charge is -2.10. The topological polar surface area (TPSA) is 36.1 Å². The number of hydrogen-bond acceptors (Lipinski definition) is 2. The van der Waals surface area contributed by atoms with E-state index in [-0.39, 0.29) is 12.0 Å². The van der Waals surface area contributed by atoms with Crippen molar-refractivity contribution in [3.8, 4) is 6.07 Å². The minimum atomic E-state index is -5.05. The molecule has 0 N–H and O–H groups in total. The van der Waals surface area contributed by atoms with Crippen molar-refractivity contribution in [3.63, 3.8) is 0 Å². The zero-order chi connectivity index (χ0) is 14.6. The van der Waals surface area contributed by atoms with Crippen LogP contribution in [0.1, 0.15) is 13.3 Å². The van der Waals surface area contributed by atoms with Gasteiger partial charge in [-0.3, -0.25) is 0 Å². The van der Waals surface area contributed by atoms with Crippen LogP contribution in [0.4, 0.5) is 26.3 Å². The van der Waals surface area contributed by atoms with Gasteiger partial charge < -0.3 is 0 Å². The van der Waals surface area contributed by atoms with Crippen molar-refractivity contribution in [1.82, 2.24) is 0 Å². The molecule has 100 valence electrons. The van der Waals surface area contributed by atoms with E-state index in [2.05, 4.69) is 11.6 Å². The van der Waals surface area contributed by atoms with Crippen molar-refractivity contribution in [1.29, 1.82) is 5.26 Å². The fraction of sp³-hybridized carbons (Fsp3) is 0.400. The number of aliphatic imine (C=N–C) groups is 1. The highest BCUT2D eigenvalue weighted by atomic mass is 19.4. The number of nitrogens with zero attached hydrogens (tertiary/aromatic N) is 2. The Labute approximate surface area is 98.9 Å². The van der Waals surface area contributed by atoms with E-state index in [1.807, 2.05) is 0 Å². The molecule has 0 saturated heterocycles. The fourth-order valence-corrected chi connectivity index (χ4v) is 0.795. The first-order valence-corrected chi connectivity index (χ1v) is 4.44. The molecule has 0 amide bonds. The molecule has 0 aliphatic heterocycles. The Balaban J connectivity index is 5.43. The minimum Gasteiger partial charge on any atom is -0.239 e. The van der Waals surface area contributed by atoms with E-state index < -0.39 is 23.8 Å². The predicted molar refractivity (Wildman–Crippen MR) is 52.7 cm³/mol. The van der Waals surface area contributed by atoms with Gasteiger partial charge in [0.1, 0.15) is 11.4 Å². The summed E-state index contributed by atoms with van der Waals surface area (Å²) in [6, 6.07) is 1.57. The van der Waals surface area contributed by atoms with Crippen LogP contribution in [0.5, 0.6) is 0 Å². The Morgan fingerprint density at radius 3 is 2.06 bits per heavy atom. The summed E-state index contributed by atoms with van der Waals surface area (Å²) >= 11 is 0. The molecule has 18 heavy (non-hydrogen) atoms. The highest BCUT2D eigenvalue weighted by Crippen LogP contribution is 2.28. The van der Waals surface area contributed by atoms with Crippen molar-refractivity contribution in [2.45, 2.75) is 25.7 Å². The van der Waals surface area contributed by atoms with Gasteiger partial charge in [0, 0.05) is 0 Å². The molecule has 0 unspecified atom stereocenters. The summed E-state index contributed by atoms with van der Waals surface area (Å²) in [6.45, 7) is 3.61. The number of hydrogen-bond donors (Lipinski definition) is 0. The van der Waals surface area contributed by atoms with Gasteiger partial charge in [0.2, 0.25) is 0 Å². The van der Waals surface area contributed by atoms with E-state index in [1.54, 1.807) is 6.07 Å². The molecule has 0 spiro atoms. The second-order valence-electron chi connectivity index (χ2n) is 3.26. The van der Waals surface area contributed by atoms with Gasteiger partial charge >= 0.3 is 12.4 Å². The predicted octanol–water partition coefficient (Wildman–Crippen LogP) is 3.93. The summed E-state index contributed by atoms with van der Waals surface area (Å²) < 4.78 is 73.3. The second kappa shape index (κ2) is 5.71. The molecule has 0 aromatic carbocycles. The Morgan fingerprint density at radius 1 is 1.22 bits per heavy atom. The molecule has 2 nitrogen and oxygen atoms in total. The van der Waals surface area contributed by atoms with Crippen LogP contribution in [0.15, 0.2) is 28.9 Å². The van der Waals surface area contributed by atoms with Crippen LogP contribution in [0.3, 0.4) is 0 Å². The van der Waals surface area contributed by atoms with Gasteiger partial charge in [-0.15, -0.1) is 0 Å². The van der Waals surface area contributed by atoms with Gasteiger partial charge in [-0.1, -0.05) is 12.2 Å². The van der Waals surface area contributed by atoms with Crippen LogP contribution in [0.2, 0.25) is 0 Å². The molecular formula is C10H8F6N2. The maximum absolute atomic E-state index is 12.4. The molecule has 0 radical (unpaired) electrons. The van der Waals surface area contributed by atoms with E-state index in [0.717, 1.165) is 0 Å². The first kappa shape index (κ1) is 16.2. The molecule has 0 bridgehead atoms. The average molecular weight is 270 g/mol. The standard InChI is InChI=1S/C10H8F6N2/c1-6(3-4-17)5-8(10(14,15)16)18-7(2)9(11,12)13/h5H,2-3H2,1H3/b6-5+,18-8?. The van der Waals surface area contributed by atoms with Crippen LogP contribution in [0.25, 0.3) is 0 Å². The highest BCUT2D eigenvalue weighted by molar-refractivity contribution is 6.00. The lowest BCUT2D eigenvalue weighted by atomic mass is 10.1. The van der Waals surface area contributed by atoms with Crippen LogP contribution in [0, 0.1) is 11.3 Å². The quantitative estimate of drug-likeness (QED) is 0.565. The van der Waals surface area contributed by atoms with Crippen molar-refractivity contribution < 1.29 is 26.3 Å². The zero-order valence-electron chi connectivity index (χ0n) is 9.15. The monoisotopic (exact) mass is 270 g/mol. The number of alkyl halides is 6. The second-order valence-corrected chi connectivity index (χ2v) is 3.26. The number of nitriles is 1. The van der Waals surface area contributed by atoms with Crippen molar-refractivity contribution in [3.05, 3.63) is 23.9 Å². The van der Waals surface area contributed by atoms with Gasteiger partial charge in [-0.2, -0.15) is 31.6 Å². The fourth-order valence-electron chi connectivity index (χ4n) is 0.795. The molecule has 0 heterocycles. The van der Waals surface area contributed by atoms with Gasteiger partial charge in [0.25, 0.3) is 0 Å². The molecule has 0 rings (SSSR count). The summed E-state index contributed by atoms with van der Waals surface area (Å²) in [7, 11) is 0. The Morgan fingerprint density at radius 2 is 1.72 bits per heavy atom. The maximum Gasteiger partial charge on any atom is 0.433 e. The minimum absolute atomic E-state index is 0.0523. The molecule has 0 aromatic rings. The Hall–Kier alpha value is -1.78. The van der Waals surface area contributed by atoms with Gasteiger partial charge in [-0.25, -0.2) is 4.99 Å². The molecular weight excluding hydrogens is 262 g/mol. The summed E-state index contributed by atoms with van der Waals surface area (Å²) in [5.41, 5.74) is -3.64. The lowest BCUT2D eigenvalue weighted by molar-refractivity contribution is -0.0926. The van der Waals surface area contributed by atoms with E-state index >= 15 is 0 Å². The first-order chi connectivity index (χ1) is 7.98. The molecule has 0 aliphatic rings. The largest absolute Gasteiger partial charge is 0.433 e. The smallest absolute Gasteiger partial charge is 0.239 e. The van der Waals surface area contributed by atoms with E-state index in [9.17, 15) is 26.3 Å². The van der Waals surface area contributed by atoms with Crippen LogP contribution in [-0.2, 0) is 0 Å². The molecule has 0 aromatic heterocycles. The molecule has 0 atom stereocenters. The first-order valence-electron chi connectivity index (χ1n) is 4.44. The van der Waals surface area contributed by atoms with Crippen LogP contribution in [-0.4, -0.2) is 18.1 Å². The molecule has 0 aliphatic carbocycles. The van der Waals surface area contributed by atoms with Crippen LogP contribution < -0.4 is 0 Å². The number of allylic oxidation sites excluding steroid dienone is 3. The van der Waals surface area contributed by atoms with E-state index in [4.69, 9.17) is 5.26 Å². The van der Waals surface area contributed by atoms with Gasteiger partial charge in [0.15, 0.2) is 0 Å². The Bertz CT molecular complexity index is 419. The normalized spacial score (nSPS) is 14.3. The lowest BCUT2D eigenvalue weighted by Crippen LogP contribution is -2.23. The number of rotatable bonds is 3. The van der Waals surface area contributed by atoms with Gasteiger partial charge in [0.05, 0.1) is 12.5 Å². The van der Waals surface area contributed by atoms with Crippen molar-refractivity contribution in [2.24, 2.45) is 4.99 Å². The third-order valence-electron chi connectivity index (χ3n) is 1.61. The summed E-state index contributed by atoms with van der Waals surface area (Å²) in [6.07, 6.45) is -10.0. The maximum atomic E-state index is 12.4. The third kappa shape index (κ3) is 5.52. The zero-order valence-corrected chi connectivity index (χ0v) is 9.15. The summed E-state index contributed by atoms with van der Waals surface area (Å²) in [5.74, 6) is 0. The number of halogens is 6. The van der Waals surface area contributed by atoms with Crippen molar-refractivity contribution in [2.75, 3.05) is 0 Å². The van der Waals surface area contributed by atoms with E-state index in [0.29, 0.717) is 6.08 Å². The molecule has 0 saturated carbocycles. The highest BCUT2D eigenvalue weighted by Gasteiger charge is 2.38. The van der Waals surface area contributed by atoms with Crippen LogP contribution >= 0.6 is 0 Å². The van der Waals surface area contributed by atoms with Gasteiger partial charge in [-0.05, 0) is 13.0 Å². The summed E-state index contributed by atoms with van der Waals surface area (Å²) in [5, 5.41) is 8.25. The Kier molecular flexibility index (Phi) is 5.14. The third-order valence-corrected chi connectivity index (χ3v) is 1.61. The SMILES string of the molecule is C=C(N=C(/C=C(\C)CC#N)C(F)(F)F)C(F)(F)F. The molecule has 0 fully saturated rings. The van der Waals surface area contributed by atoms with Crippen molar-refractivity contribution >= 4 is 5.71 Å². The summed E-state index contributed by atoms with van der Waals surface area (Å²) in [4.78, 5) is 2.43. The van der Waals surface area contributed by atoms with E-state index in [1.165, 1.54) is 6.92 Å². The average Bonchev–Trinajstić information content (AvgIpc) is 2.13.